The van der Waals surface area contributed by atoms with Gasteiger partial charge in [0.25, 0.3) is 0 Å². The molecule has 0 unspecified atom stereocenters. The summed E-state index contributed by atoms with van der Waals surface area (Å²) in [5.41, 5.74) is -4.38. The molecule has 12 heteroatoms. The van der Waals surface area contributed by atoms with E-state index in [2.05, 4.69) is 0 Å². The van der Waals surface area contributed by atoms with Crippen LogP contribution in [0.2, 0.25) is 0 Å². The predicted octanol–water partition coefficient (Wildman–Crippen LogP) is 5.28. The summed E-state index contributed by atoms with van der Waals surface area (Å²) in [6, 6.07) is 16.4. The number of rotatable bonds is 7. The third-order valence-electron chi connectivity index (χ3n) is 10.1. The Morgan fingerprint density at radius 3 is 1.75 bits per heavy atom. The Bertz CT molecular complexity index is 1770. The van der Waals surface area contributed by atoms with Gasteiger partial charge in [-0.3, -0.25) is 14.4 Å². The van der Waals surface area contributed by atoms with Gasteiger partial charge in [0.2, 0.25) is 5.79 Å². The molecule has 1 N–H and O–H groups in total. The maximum atomic E-state index is 13.7. The lowest BCUT2D eigenvalue weighted by molar-refractivity contribution is -0.285. The minimum Gasteiger partial charge on any atom is -0.457 e. The molecule has 1 aliphatic carbocycles. The SMILES string of the molecule is CC(=O)O[C@H]1[C@@H](OC(=O)c2ccccc2)[C@]2(C)/C=C3\[C@@H](OC(=O)c4ccccc4)[C@H](C)C[C@]3(OC(C)=O)[C@@H](OC(C)=O)[C@H](C)/C=C/C(C)(C)[C@@]1(O)O2. The third-order valence-corrected chi connectivity index (χ3v) is 10.1. The molecule has 2 aromatic carbocycles. The van der Waals surface area contributed by atoms with Gasteiger partial charge in [-0.1, -0.05) is 76.2 Å². The zero-order chi connectivity index (χ0) is 38.2. The summed E-state index contributed by atoms with van der Waals surface area (Å²) in [7, 11) is 0. The second-order valence-corrected chi connectivity index (χ2v) is 14.6. The highest BCUT2D eigenvalue weighted by molar-refractivity contribution is 5.90. The first-order valence-corrected chi connectivity index (χ1v) is 17.2. The fraction of sp³-hybridized carbons (Fsp3) is 0.475. The Balaban J connectivity index is 1.82. The van der Waals surface area contributed by atoms with E-state index >= 15 is 0 Å². The lowest BCUT2D eigenvalue weighted by Crippen LogP contribution is -2.56. The van der Waals surface area contributed by atoms with E-state index in [1.165, 1.54) is 26.8 Å². The molecule has 12 nitrogen and oxygen atoms in total. The number of esters is 5. The smallest absolute Gasteiger partial charge is 0.338 e. The molecule has 2 aliphatic heterocycles. The molecule has 2 aromatic rings. The fourth-order valence-corrected chi connectivity index (χ4v) is 7.64. The Morgan fingerprint density at radius 2 is 1.23 bits per heavy atom. The summed E-state index contributed by atoms with van der Waals surface area (Å²) >= 11 is 0. The molecule has 0 amide bonds. The largest absolute Gasteiger partial charge is 0.457 e. The zero-order valence-corrected chi connectivity index (χ0v) is 30.6. The highest BCUT2D eigenvalue weighted by Crippen LogP contribution is 2.55. The lowest BCUT2D eigenvalue weighted by atomic mass is 9.75. The second kappa shape index (κ2) is 14.3. The zero-order valence-electron chi connectivity index (χ0n) is 30.6. The van der Waals surface area contributed by atoms with E-state index < -0.39 is 88.5 Å². The highest BCUT2D eigenvalue weighted by atomic mass is 16.7. The number of aliphatic hydroxyl groups is 1. The quantitative estimate of drug-likeness (QED) is 0.225. The van der Waals surface area contributed by atoms with Crippen LogP contribution in [0.4, 0.5) is 0 Å². The molecule has 0 radical (unpaired) electrons. The van der Waals surface area contributed by atoms with Gasteiger partial charge < -0.3 is 33.5 Å². The summed E-state index contributed by atoms with van der Waals surface area (Å²) in [4.78, 5) is 65.9. The third kappa shape index (κ3) is 7.14. The average molecular weight is 719 g/mol. The number of ether oxygens (including phenoxy) is 6. The summed E-state index contributed by atoms with van der Waals surface area (Å²) < 4.78 is 37.0. The number of fused-ring (bicyclic) bond motifs is 3. The van der Waals surface area contributed by atoms with Gasteiger partial charge in [-0.2, -0.15) is 0 Å². The van der Waals surface area contributed by atoms with Gasteiger partial charge in [0.1, 0.15) is 11.7 Å². The van der Waals surface area contributed by atoms with E-state index in [1.807, 2.05) is 0 Å². The molecule has 2 heterocycles. The molecular weight excluding hydrogens is 672 g/mol. The Labute approximate surface area is 303 Å². The minimum absolute atomic E-state index is 0.0346. The van der Waals surface area contributed by atoms with Crippen molar-refractivity contribution in [1.82, 2.24) is 0 Å². The second-order valence-electron chi connectivity index (χ2n) is 14.6. The number of benzene rings is 2. The number of hydrogen-bond donors (Lipinski definition) is 1. The van der Waals surface area contributed by atoms with Gasteiger partial charge in [0, 0.05) is 50.0 Å². The minimum atomic E-state index is -2.34. The van der Waals surface area contributed by atoms with Gasteiger partial charge in [0.15, 0.2) is 23.9 Å². The predicted molar refractivity (Wildman–Crippen MR) is 185 cm³/mol. The van der Waals surface area contributed by atoms with Crippen LogP contribution < -0.4 is 0 Å². The van der Waals surface area contributed by atoms with Gasteiger partial charge in [0.05, 0.1) is 11.1 Å². The first kappa shape index (κ1) is 38.4. The Kier molecular flexibility index (Phi) is 10.6. The molecular formula is C40H46O12. The normalized spacial score (nSPS) is 35.0. The van der Waals surface area contributed by atoms with Crippen molar-refractivity contribution in [2.75, 3.05) is 0 Å². The standard InChI is InChI=1S/C40H46O12/c1-23-19-20-37(6,7)40(46)34(48-26(4)42)33(50-36(45)29-17-13-10-14-18-29)38(8,52-40)22-30-31(49-35(44)28-15-11-9-12-16-28)24(2)21-39(30,51-27(5)43)32(23)47-25(3)41/h9-20,22-24,31-34,46H,21H2,1-8H3/b20-19+,30-22+/t23-,24-,31+,32+,33-,34+,38+,39-,40+/m1/s1. The van der Waals surface area contributed by atoms with E-state index in [9.17, 15) is 29.1 Å². The summed E-state index contributed by atoms with van der Waals surface area (Å²) in [5.74, 6) is -7.18. The summed E-state index contributed by atoms with van der Waals surface area (Å²) in [6.45, 7) is 12.0. The van der Waals surface area contributed by atoms with E-state index in [4.69, 9.17) is 28.4 Å². The van der Waals surface area contributed by atoms with Crippen molar-refractivity contribution in [3.05, 3.63) is 95.6 Å². The maximum absolute atomic E-state index is 13.7. The maximum Gasteiger partial charge on any atom is 0.338 e. The van der Waals surface area contributed by atoms with Crippen LogP contribution in [-0.2, 0) is 42.8 Å². The topological polar surface area (TPSA) is 161 Å². The van der Waals surface area contributed by atoms with E-state index in [-0.39, 0.29) is 23.1 Å². The van der Waals surface area contributed by atoms with Crippen molar-refractivity contribution in [2.24, 2.45) is 17.3 Å². The molecule has 5 rings (SSSR count). The van der Waals surface area contributed by atoms with Crippen LogP contribution in [-0.4, -0.2) is 76.4 Å². The molecule has 3 aliphatic rings. The van der Waals surface area contributed by atoms with Crippen molar-refractivity contribution in [3.8, 4) is 0 Å². The van der Waals surface area contributed by atoms with E-state index in [1.54, 1.807) is 101 Å². The summed E-state index contributed by atoms with van der Waals surface area (Å²) in [6.07, 6.45) is -0.550. The van der Waals surface area contributed by atoms with Crippen molar-refractivity contribution < 1.29 is 57.5 Å². The fourth-order valence-electron chi connectivity index (χ4n) is 7.64. The van der Waals surface area contributed by atoms with Crippen molar-refractivity contribution >= 4 is 29.8 Å². The molecule has 52 heavy (non-hydrogen) atoms. The molecule has 0 aromatic heterocycles. The van der Waals surface area contributed by atoms with Gasteiger partial charge >= 0.3 is 29.8 Å². The van der Waals surface area contributed by atoms with Crippen LogP contribution in [0.5, 0.6) is 0 Å². The monoisotopic (exact) mass is 718 g/mol. The average Bonchev–Trinajstić information content (AvgIpc) is 3.44. The molecule has 0 spiro atoms. The molecule has 1 saturated carbocycles. The Morgan fingerprint density at radius 1 is 0.712 bits per heavy atom. The molecule has 2 fully saturated rings. The molecule has 9 atom stereocenters. The van der Waals surface area contributed by atoms with Gasteiger partial charge in [-0.05, 0) is 37.3 Å². The molecule has 2 bridgehead atoms. The van der Waals surface area contributed by atoms with Crippen molar-refractivity contribution in [2.45, 2.75) is 103 Å². The number of carbonyl (C=O) groups is 5. The van der Waals surface area contributed by atoms with Gasteiger partial charge in [-0.15, -0.1) is 0 Å². The lowest BCUT2D eigenvalue weighted by Gasteiger charge is -2.41. The van der Waals surface area contributed by atoms with Crippen LogP contribution in [0.3, 0.4) is 0 Å². The van der Waals surface area contributed by atoms with Crippen molar-refractivity contribution in [1.29, 1.82) is 0 Å². The number of hydrogen-bond acceptors (Lipinski definition) is 12. The van der Waals surface area contributed by atoms with E-state index in [0.29, 0.717) is 0 Å². The highest BCUT2D eigenvalue weighted by Gasteiger charge is 2.70. The van der Waals surface area contributed by atoms with Crippen LogP contribution >= 0.6 is 0 Å². The first-order chi connectivity index (χ1) is 24.3. The molecule has 1 saturated heterocycles. The van der Waals surface area contributed by atoms with Gasteiger partial charge in [-0.25, -0.2) is 9.59 Å². The molecule has 278 valence electrons. The van der Waals surface area contributed by atoms with Crippen LogP contribution in [0.15, 0.2) is 84.5 Å². The Hall–Kier alpha value is -4.81. The van der Waals surface area contributed by atoms with Crippen LogP contribution in [0.1, 0.15) is 82.5 Å². The van der Waals surface area contributed by atoms with Crippen molar-refractivity contribution in [3.63, 3.8) is 0 Å². The number of carbonyl (C=O) groups excluding carboxylic acids is 5. The summed E-state index contributed by atoms with van der Waals surface area (Å²) in [5, 5.41) is 12.6. The van der Waals surface area contributed by atoms with E-state index in [0.717, 1.165) is 6.92 Å². The first-order valence-electron chi connectivity index (χ1n) is 17.2. The van der Waals surface area contributed by atoms with Crippen LogP contribution in [0.25, 0.3) is 0 Å². The van der Waals surface area contributed by atoms with Crippen LogP contribution in [0, 0.1) is 17.3 Å².